The lowest BCUT2D eigenvalue weighted by molar-refractivity contribution is -0.123. The molecule has 1 amide bonds. The van der Waals surface area contributed by atoms with E-state index in [-0.39, 0.29) is 26.7 Å². The number of methoxy groups -OCH3 is 1. The number of amides is 1. The van der Waals surface area contributed by atoms with Crippen LogP contribution in [0.25, 0.3) is 0 Å². The minimum absolute atomic E-state index is 0. The molecule has 0 atom stereocenters. The van der Waals surface area contributed by atoms with E-state index in [4.69, 9.17) is 11.2 Å². The second-order valence-electron chi connectivity index (χ2n) is 9.49. The standard InChI is InChI=1S/C16H19NO.C14H20O.2CH4/c1-3-13-8-7-11-15(12-13)17(2)16(18)14-9-5-4-6-10-14;1-11-10-13(8-9-14(11)15-2)12-6-4-3-5-7-12;;/h1,7-8,11-12,14H,4-6,9-10H2,2H3;8-10,12H,3-7H2,1-2H3;2*1H4. The summed E-state index contributed by atoms with van der Waals surface area (Å²) in [5.41, 5.74) is 4.48. The van der Waals surface area contributed by atoms with Crippen molar-refractivity contribution in [2.45, 2.75) is 91.9 Å². The Hall–Kier alpha value is -2.73. The molecule has 2 saturated carbocycles. The molecule has 2 aliphatic rings. The summed E-state index contributed by atoms with van der Waals surface area (Å²) in [4.78, 5) is 14.1. The molecule has 0 spiro atoms. The van der Waals surface area contributed by atoms with Crippen molar-refractivity contribution < 1.29 is 9.53 Å². The van der Waals surface area contributed by atoms with Crippen molar-refractivity contribution in [3.63, 3.8) is 0 Å². The van der Waals surface area contributed by atoms with Crippen molar-refractivity contribution in [3.05, 3.63) is 59.2 Å². The molecule has 3 heteroatoms. The number of anilines is 1. The highest BCUT2D eigenvalue weighted by Crippen LogP contribution is 2.34. The topological polar surface area (TPSA) is 29.5 Å². The zero-order valence-electron chi connectivity index (χ0n) is 20.6. The number of nitrogens with zero attached hydrogens (tertiary/aromatic N) is 1. The number of carbonyl (C=O) groups is 1. The third kappa shape index (κ3) is 8.46. The van der Waals surface area contributed by atoms with Crippen LogP contribution in [0.5, 0.6) is 5.75 Å². The molecule has 0 aliphatic heterocycles. The highest BCUT2D eigenvalue weighted by Gasteiger charge is 2.24. The fraction of sp³-hybridized carbons (Fsp3) is 0.531. The predicted octanol–water partition coefficient (Wildman–Crippen LogP) is 8.53. The van der Waals surface area contributed by atoms with Gasteiger partial charge in [0.05, 0.1) is 7.11 Å². The normalized spacial score (nSPS) is 15.8. The first-order chi connectivity index (χ1) is 16.0. The first-order valence-electron chi connectivity index (χ1n) is 12.5. The summed E-state index contributed by atoms with van der Waals surface area (Å²) < 4.78 is 5.29. The quantitative estimate of drug-likeness (QED) is 0.413. The first kappa shape index (κ1) is 30.3. The highest BCUT2D eigenvalue weighted by molar-refractivity contribution is 5.94. The Balaban J connectivity index is 0.000000336. The maximum Gasteiger partial charge on any atom is 0.229 e. The van der Waals surface area contributed by atoms with E-state index in [1.807, 2.05) is 31.3 Å². The number of rotatable bonds is 4. The molecule has 2 aromatic carbocycles. The molecule has 192 valence electrons. The van der Waals surface area contributed by atoms with E-state index in [2.05, 4.69) is 31.0 Å². The van der Waals surface area contributed by atoms with Gasteiger partial charge in [0, 0.05) is 24.2 Å². The summed E-state index contributed by atoms with van der Waals surface area (Å²) in [6.07, 6.45) is 18.0. The molecule has 0 radical (unpaired) electrons. The van der Waals surface area contributed by atoms with Gasteiger partial charge in [-0.05, 0) is 73.9 Å². The Morgan fingerprint density at radius 3 is 2.14 bits per heavy atom. The average molecular weight is 478 g/mol. The Morgan fingerprint density at radius 2 is 1.57 bits per heavy atom. The van der Waals surface area contributed by atoms with Crippen LogP contribution in [-0.4, -0.2) is 20.1 Å². The number of aryl methyl sites for hydroxylation is 1. The summed E-state index contributed by atoms with van der Waals surface area (Å²) >= 11 is 0. The van der Waals surface area contributed by atoms with Gasteiger partial charge in [0.15, 0.2) is 0 Å². The summed E-state index contributed by atoms with van der Waals surface area (Å²) in [7, 11) is 3.58. The number of hydrogen-bond donors (Lipinski definition) is 0. The van der Waals surface area contributed by atoms with Crippen LogP contribution in [0, 0.1) is 25.2 Å². The van der Waals surface area contributed by atoms with Gasteiger partial charge in [0.1, 0.15) is 5.75 Å². The molecule has 2 aromatic rings. The monoisotopic (exact) mass is 477 g/mol. The average Bonchev–Trinajstić information content (AvgIpc) is 2.89. The molecule has 4 rings (SSSR count). The molecule has 0 unspecified atom stereocenters. The second-order valence-corrected chi connectivity index (χ2v) is 9.49. The third-order valence-electron chi connectivity index (χ3n) is 7.18. The van der Waals surface area contributed by atoms with E-state index in [1.54, 1.807) is 12.0 Å². The molecule has 35 heavy (non-hydrogen) atoms. The maximum absolute atomic E-state index is 12.4. The van der Waals surface area contributed by atoms with Crippen molar-refractivity contribution in [2.75, 3.05) is 19.1 Å². The van der Waals surface area contributed by atoms with Crippen LogP contribution in [0.1, 0.15) is 102 Å². The zero-order chi connectivity index (χ0) is 23.6. The highest BCUT2D eigenvalue weighted by atomic mass is 16.5. The SMILES string of the molecule is C.C.C#Cc1cccc(N(C)C(=O)C2CCCCC2)c1.COc1ccc(C2CCCCC2)cc1C. The van der Waals surface area contributed by atoms with E-state index in [1.165, 1.54) is 62.5 Å². The van der Waals surface area contributed by atoms with Gasteiger partial charge in [-0.3, -0.25) is 4.79 Å². The molecule has 0 aromatic heterocycles. The smallest absolute Gasteiger partial charge is 0.229 e. The van der Waals surface area contributed by atoms with E-state index in [0.29, 0.717) is 0 Å². The minimum Gasteiger partial charge on any atom is -0.496 e. The van der Waals surface area contributed by atoms with Gasteiger partial charge in [-0.2, -0.15) is 0 Å². The van der Waals surface area contributed by atoms with Crippen LogP contribution in [0.15, 0.2) is 42.5 Å². The molecule has 0 saturated heterocycles. The Kier molecular flexibility index (Phi) is 13.2. The number of benzene rings is 2. The first-order valence-corrected chi connectivity index (χ1v) is 12.5. The molecular weight excluding hydrogens is 430 g/mol. The fourth-order valence-corrected chi connectivity index (χ4v) is 5.15. The van der Waals surface area contributed by atoms with Crippen molar-refractivity contribution in [2.24, 2.45) is 5.92 Å². The zero-order valence-corrected chi connectivity index (χ0v) is 20.6. The fourth-order valence-electron chi connectivity index (χ4n) is 5.15. The molecule has 0 bridgehead atoms. The lowest BCUT2D eigenvalue weighted by atomic mass is 9.83. The van der Waals surface area contributed by atoms with Gasteiger partial charge < -0.3 is 9.64 Å². The van der Waals surface area contributed by atoms with Crippen LogP contribution in [-0.2, 0) is 4.79 Å². The van der Waals surface area contributed by atoms with Gasteiger partial charge in [0.25, 0.3) is 0 Å². The van der Waals surface area contributed by atoms with Gasteiger partial charge in [-0.1, -0.05) is 77.5 Å². The number of ether oxygens (including phenoxy) is 1. The van der Waals surface area contributed by atoms with Crippen LogP contribution in [0.2, 0.25) is 0 Å². The number of carbonyl (C=O) groups excluding carboxylic acids is 1. The van der Waals surface area contributed by atoms with Crippen LogP contribution in [0.3, 0.4) is 0 Å². The molecule has 2 fully saturated rings. The molecule has 3 nitrogen and oxygen atoms in total. The number of hydrogen-bond acceptors (Lipinski definition) is 2. The van der Waals surface area contributed by atoms with E-state index < -0.39 is 0 Å². The second kappa shape index (κ2) is 15.3. The Bertz CT molecular complexity index is 946. The van der Waals surface area contributed by atoms with Crippen LogP contribution >= 0.6 is 0 Å². The van der Waals surface area contributed by atoms with E-state index in [9.17, 15) is 4.79 Å². The third-order valence-corrected chi connectivity index (χ3v) is 7.18. The molecule has 0 heterocycles. The van der Waals surface area contributed by atoms with Crippen molar-refractivity contribution in [1.82, 2.24) is 0 Å². The van der Waals surface area contributed by atoms with E-state index >= 15 is 0 Å². The summed E-state index contributed by atoms with van der Waals surface area (Å²) in [6, 6.07) is 14.2. The maximum atomic E-state index is 12.4. The van der Waals surface area contributed by atoms with Crippen molar-refractivity contribution in [3.8, 4) is 18.1 Å². The molecule has 2 aliphatic carbocycles. The molecule has 0 N–H and O–H groups in total. The summed E-state index contributed by atoms with van der Waals surface area (Å²) in [5, 5.41) is 0. The van der Waals surface area contributed by atoms with Gasteiger partial charge in [0.2, 0.25) is 5.91 Å². The Labute approximate surface area is 215 Å². The van der Waals surface area contributed by atoms with E-state index in [0.717, 1.165) is 35.8 Å². The lowest BCUT2D eigenvalue weighted by Crippen LogP contribution is -2.33. The molecular formula is C32H47NO2. The minimum atomic E-state index is 0. The largest absolute Gasteiger partial charge is 0.496 e. The van der Waals surface area contributed by atoms with Crippen molar-refractivity contribution >= 4 is 11.6 Å². The van der Waals surface area contributed by atoms with Gasteiger partial charge in [-0.15, -0.1) is 6.42 Å². The predicted molar refractivity (Wildman–Crippen MR) is 151 cm³/mol. The summed E-state index contributed by atoms with van der Waals surface area (Å²) in [6.45, 7) is 2.13. The van der Waals surface area contributed by atoms with Gasteiger partial charge >= 0.3 is 0 Å². The van der Waals surface area contributed by atoms with Crippen LogP contribution < -0.4 is 9.64 Å². The lowest BCUT2D eigenvalue weighted by Gasteiger charge is -2.26. The van der Waals surface area contributed by atoms with Gasteiger partial charge in [-0.25, -0.2) is 0 Å². The van der Waals surface area contributed by atoms with Crippen molar-refractivity contribution in [1.29, 1.82) is 0 Å². The number of terminal acetylenes is 1. The van der Waals surface area contributed by atoms with Crippen LogP contribution in [0.4, 0.5) is 5.69 Å². The Morgan fingerprint density at radius 1 is 0.943 bits per heavy atom. The summed E-state index contributed by atoms with van der Waals surface area (Å²) in [5.74, 6) is 4.82.